The van der Waals surface area contributed by atoms with Crippen LogP contribution in [0.15, 0.2) is 22.7 Å². The Bertz CT molecular complexity index is 739. The molecule has 3 rings (SSSR count). The highest BCUT2D eigenvalue weighted by Gasteiger charge is 2.28. The maximum atomic E-state index is 11.5. The van der Waals surface area contributed by atoms with Crippen LogP contribution in [0.4, 0.5) is 5.95 Å². The van der Waals surface area contributed by atoms with Crippen molar-refractivity contribution in [2.24, 2.45) is 5.92 Å². The number of hydrogen-bond acceptors (Lipinski definition) is 4. The van der Waals surface area contributed by atoms with Gasteiger partial charge in [-0.3, -0.25) is 0 Å². The van der Waals surface area contributed by atoms with Crippen molar-refractivity contribution in [1.29, 1.82) is 0 Å². The van der Waals surface area contributed by atoms with E-state index in [2.05, 4.69) is 20.9 Å². The van der Waals surface area contributed by atoms with E-state index in [4.69, 9.17) is 5.73 Å². The first-order valence-corrected chi connectivity index (χ1v) is 8.68. The number of hydrogen-bond donors (Lipinski definition) is 1. The fourth-order valence-corrected chi connectivity index (χ4v) is 4.78. The molecule has 1 saturated heterocycles. The van der Waals surface area contributed by atoms with Crippen molar-refractivity contribution < 1.29 is 8.42 Å². The zero-order valence-electron chi connectivity index (χ0n) is 10.2. The summed E-state index contributed by atoms with van der Waals surface area (Å²) in [7, 11) is -2.86. The first kappa shape index (κ1) is 12.9. The highest BCUT2D eigenvalue weighted by Crippen LogP contribution is 2.26. The minimum absolute atomic E-state index is 0.128. The van der Waals surface area contributed by atoms with E-state index >= 15 is 0 Å². The number of fused-ring (bicyclic) bond motifs is 1. The first-order valence-electron chi connectivity index (χ1n) is 6.06. The van der Waals surface area contributed by atoms with Crippen LogP contribution in [0.3, 0.4) is 0 Å². The SMILES string of the molecule is Nc1nc2ccc(Br)cc2n1CC1CCS(=O)(=O)C1. The Hall–Kier alpha value is -1.08. The molecule has 102 valence electrons. The molecule has 0 amide bonds. The van der Waals surface area contributed by atoms with Crippen LogP contribution in [-0.2, 0) is 16.4 Å². The number of nitrogens with zero attached hydrogens (tertiary/aromatic N) is 2. The zero-order chi connectivity index (χ0) is 13.6. The number of rotatable bonds is 2. The van der Waals surface area contributed by atoms with E-state index in [1.165, 1.54) is 0 Å². The van der Waals surface area contributed by atoms with Crippen molar-refractivity contribution in [2.75, 3.05) is 17.2 Å². The van der Waals surface area contributed by atoms with E-state index in [0.717, 1.165) is 15.5 Å². The van der Waals surface area contributed by atoms with Gasteiger partial charge < -0.3 is 10.3 Å². The third-order valence-electron chi connectivity index (χ3n) is 3.51. The van der Waals surface area contributed by atoms with Gasteiger partial charge in [-0.15, -0.1) is 0 Å². The van der Waals surface area contributed by atoms with Gasteiger partial charge in [0.1, 0.15) is 0 Å². The molecule has 2 aromatic rings. The van der Waals surface area contributed by atoms with Gasteiger partial charge in [0, 0.05) is 11.0 Å². The number of anilines is 1. The molecule has 1 aromatic heterocycles. The van der Waals surface area contributed by atoms with Crippen LogP contribution in [0.2, 0.25) is 0 Å². The molecular weight excluding hydrogens is 330 g/mol. The smallest absolute Gasteiger partial charge is 0.201 e. The van der Waals surface area contributed by atoms with E-state index in [1.807, 2.05) is 22.8 Å². The summed E-state index contributed by atoms with van der Waals surface area (Å²) in [6, 6.07) is 5.78. The summed E-state index contributed by atoms with van der Waals surface area (Å²) >= 11 is 3.43. The van der Waals surface area contributed by atoms with Crippen LogP contribution in [0.25, 0.3) is 11.0 Å². The molecule has 1 fully saturated rings. The average molecular weight is 344 g/mol. The molecule has 0 aliphatic carbocycles. The Labute approximate surface area is 119 Å². The van der Waals surface area contributed by atoms with Gasteiger partial charge in [-0.25, -0.2) is 13.4 Å². The molecule has 1 aromatic carbocycles. The van der Waals surface area contributed by atoms with E-state index in [9.17, 15) is 8.42 Å². The summed E-state index contributed by atoms with van der Waals surface area (Å²) in [6.45, 7) is 0.609. The lowest BCUT2D eigenvalue weighted by molar-refractivity contribution is 0.503. The Kier molecular flexibility index (Phi) is 3.05. The van der Waals surface area contributed by atoms with Gasteiger partial charge in [-0.05, 0) is 30.5 Å². The fourth-order valence-electron chi connectivity index (χ4n) is 2.58. The largest absolute Gasteiger partial charge is 0.369 e. The summed E-state index contributed by atoms with van der Waals surface area (Å²) < 4.78 is 25.9. The lowest BCUT2D eigenvalue weighted by Crippen LogP contribution is -2.14. The molecule has 0 saturated carbocycles. The topological polar surface area (TPSA) is 78.0 Å². The Morgan fingerprint density at radius 3 is 2.95 bits per heavy atom. The van der Waals surface area contributed by atoms with Crippen molar-refractivity contribution in [1.82, 2.24) is 9.55 Å². The number of nitrogen functional groups attached to an aromatic ring is 1. The summed E-state index contributed by atoms with van der Waals surface area (Å²) in [6.07, 6.45) is 0.704. The lowest BCUT2D eigenvalue weighted by Gasteiger charge is -2.11. The molecule has 0 spiro atoms. The monoisotopic (exact) mass is 343 g/mol. The summed E-state index contributed by atoms with van der Waals surface area (Å²) in [5, 5.41) is 0. The maximum absolute atomic E-state index is 11.5. The number of benzene rings is 1. The third-order valence-corrected chi connectivity index (χ3v) is 5.84. The van der Waals surface area contributed by atoms with Gasteiger partial charge >= 0.3 is 0 Å². The second kappa shape index (κ2) is 4.49. The normalized spacial score (nSPS) is 22.1. The van der Waals surface area contributed by atoms with E-state index in [-0.39, 0.29) is 17.4 Å². The molecule has 0 bridgehead atoms. The van der Waals surface area contributed by atoms with Crippen molar-refractivity contribution >= 4 is 42.7 Å². The van der Waals surface area contributed by atoms with Crippen LogP contribution < -0.4 is 5.73 Å². The lowest BCUT2D eigenvalue weighted by atomic mass is 10.1. The Morgan fingerprint density at radius 1 is 1.47 bits per heavy atom. The molecule has 7 heteroatoms. The van der Waals surface area contributed by atoms with Gasteiger partial charge in [0.2, 0.25) is 5.95 Å². The molecule has 1 aliphatic rings. The minimum Gasteiger partial charge on any atom is -0.369 e. The number of halogens is 1. The second-order valence-electron chi connectivity index (χ2n) is 4.98. The maximum Gasteiger partial charge on any atom is 0.201 e. The van der Waals surface area contributed by atoms with Crippen LogP contribution in [-0.4, -0.2) is 29.5 Å². The number of nitrogens with two attached hydrogens (primary N) is 1. The summed E-state index contributed by atoms with van der Waals surface area (Å²) in [5.74, 6) is 1.11. The van der Waals surface area contributed by atoms with Gasteiger partial charge in [-0.1, -0.05) is 15.9 Å². The minimum atomic E-state index is -2.86. The molecule has 0 radical (unpaired) electrons. The highest BCUT2D eigenvalue weighted by atomic mass is 79.9. The molecule has 2 N–H and O–H groups in total. The Balaban J connectivity index is 1.96. The van der Waals surface area contributed by atoms with Gasteiger partial charge in [0.05, 0.1) is 22.5 Å². The predicted molar refractivity (Wildman–Crippen MR) is 78.6 cm³/mol. The molecule has 1 aliphatic heterocycles. The van der Waals surface area contributed by atoms with Gasteiger partial charge in [-0.2, -0.15) is 0 Å². The predicted octanol–water partition coefficient (Wildman–Crippen LogP) is 1.82. The van der Waals surface area contributed by atoms with Gasteiger partial charge in [0.15, 0.2) is 9.84 Å². The van der Waals surface area contributed by atoms with E-state index < -0.39 is 9.84 Å². The van der Waals surface area contributed by atoms with Gasteiger partial charge in [0.25, 0.3) is 0 Å². The fraction of sp³-hybridized carbons (Fsp3) is 0.417. The second-order valence-corrected chi connectivity index (χ2v) is 8.13. The van der Waals surface area contributed by atoms with Crippen molar-refractivity contribution in [3.05, 3.63) is 22.7 Å². The van der Waals surface area contributed by atoms with Crippen molar-refractivity contribution in [3.63, 3.8) is 0 Å². The zero-order valence-corrected chi connectivity index (χ0v) is 12.6. The molecule has 19 heavy (non-hydrogen) atoms. The molecule has 2 heterocycles. The van der Waals surface area contributed by atoms with Crippen molar-refractivity contribution in [3.8, 4) is 0 Å². The van der Waals surface area contributed by atoms with Crippen molar-refractivity contribution in [2.45, 2.75) is 13.0 Å². The quantitative estimate of drug-likeness (QED) is 0.901. The molecule has 1 unspecified atom stereocenters. The van der Waals surface area contributed by atoms with E-state index in [1.54, 1.807) is 0 Å². The third kappa shape index (κ3) is 2.49. The first-order chi connectivity index (χ1) is 8.94. The number of aromatic nitrogens is 2. The molecule has 5 nitrogen and oxygen atoms in total. The summed E-state index contributed by atoms with van der Waals surface area (Å²) in [4.78, 5) is 4.30. The van der Waals surface area contributed by atoms with Crippen LogP contribution in [0, 0.1) is 5.92 Å². The average Bonchev–Trinajstić information content (AvgIpc) is 2.81. The highest BCUT2D eigenvalue weighted by molar-refractivity contribution is 9.10. The van der Waals surface area contributed by atoms with Crippen LogP contribution in [0.1, 0.15) is 6.42 Å². The van der Waals surface area contributed by atoms with Crippen LogP contribution in [0.5, 0.6) is 0 Å². The Morgan fingerprint density at radius 2 is 2.26 bits per heavy atom. The standard InChI is InChI=1S/C12H14BrN3O2S/c13-9-1-2-10-11(5-9)16(12(14)15-10)6-8-3-4-19(17,18)7-8/h1-2,5,8H,3-4,6-7H2,(H2,14,15). The molecular formula is C12H14BrN3O2S. The number of imidazole rings is 1. The molecule has 1 atom stereocenters. The van der Waals surface area contributed by atoms with Crippen LogP contribution >= 0.6 is 15.9 Å². The summed E-state index contributed by atoms with van der Waals surface area (Å²) in [5.41, 5.74) is 7.71. The van der Waals surface area contributed by atoms with E-state index in [0.29, 0.717) is 18.9 Å². The number of sulfone groups is 1.